The fourth-order valence-corrected chi connectivity index (χ4v) is 6.04. The summed E-state index contributed by atoms with van der Waals surface area (Å²) >= 11 is -0.584. The molecule has 0 bridgehead atoms. The van der Waals surface area contributed by atoms with Gasteiger partial charge in [0.1, 0.15) is 0 Å². The fourth-order valence-electron chi connectivity index (χ4n) is 4.24. The van der Waals surface area contributed by atoms with Crippen LogP contribution in [0.2, 0.25) is 0 Å². The van der Waals surface area contributed by atoms with E-state index in [1.54, 1.807) is 18.3 Å². The number of nitrogens with zero attached hydrogens (tertiary/aromatic N) is 5. The van der Waals surface area contributed by atoms with Crippen molar-refractivity contribution in [3.63, 3.8) is 0 Å². The Kier molecular flexibility index (Phi) is 8.02. The summed E-state index contributed by atoms with van der Waals surface area (Å²) in [5, 5.41) is 8.94. The molecule has 5 rings (SSSR count). The SMILES string of the molecule is CN(C#N)C(=O)c1ccc(-c2ccnc([As]c3ccc(N4CCOCC4)c(C(=O)OC4CCC4)c3)n2)cc1. The number of nitriles is 1. The molecule has 193 valence electrons. The molecule has 2 fully saturated rings. The summed E-state index contributed by atoms with van der Waals surface area (Å²) in [4.78, 5) is 37.8. The van der Waals surface area contributed by atoms with Gasteiger partial charge in [0, 0.05) is 0 Å². The number of rotatable bonds is 7. The summed E-state index contributed by atoms with van der Waals surface area (Å²) in [6, 6.07) is 14.8. The van der Waals surface area contributed by atoms with Crippen LogP contribution in [-0.4, -0.2) is 82.0 Å². The first kappa shape index (κ1) is 25.9. The Morgan fingerprint density at radius 2 is 1.89 bits per heavy atom. The van der Waals surface area contributed by atoms with E-state index < -0.39 is 15.8 Å². The Labute approximate surface area is 228 Å². The van der Waals surface area contributed by atoms with Crippen LogP contribution >= 0.6 is 0 Å². The van der Waals surface area contributed by atoms with E-state index in [9.17, 15) is 9.59 Å². The molecule has 38 heavy (non-hydrogen) atoms. The molecular weight excluding hydrogens is 545 g/mol. The molecule has 0 unspecified atom stereocenters. The Morgan fingerprint density at radius 1 is 1.13 bits per heavy atom. The van der Waals surface area contributed by atoms with Crippen LogP contribution in [0.25, 0.3) is 11.3 Å². The molecule has 3 aromatic rings. The van der Waals surface area contributed by atoms with Gasteiger partial charge in [0.2, 0.25) is 0 Å². The number of anilines is 1. The maximum absolute atomic E-state index is 13.1. The molecule has 1 saturated carbocycles. The Bertz CT molecular complexity index is 1360. The van der Waals surface area contributed by atoms with Crippen LogP contribution in [0, 0.1) is 11.5 Å². The van der Waals surface area contributed by atoms with Crippen molar-refractivity contribution in [2.75, 3.05) is 38.3 Å². The predicted octanol–water partition coefficient (Wildman–Crippen LogP) is 1.90. The molecule has 0 atom stereocenters. The molecule has 1 saturated heterocycles. The Morgan fingerprint density at radius 3 is 2.58 bits per heavy atom. The summed E-state index contributed by atoms with van der Waals surface area (Å²) in [5.74, 6) is -0.634. The van der Waals surface area contributed by atoms with Crippen molar-refractivity contribution in [1.82, 2.24) is 14.9 Å². The zero-order valence-electron chi connectivity index (χ0n) is 21.0. The molecule has 10 heteroatoms. The van der Waals surface area contributed by atoms with Crippen LogP contribution in [0.5, 0.6) is 0 Å². The minimum atomic E-state index is -0.584. The van der Waals surface area contributed by atoms with Crippen LogP contribution in [0.15, 0.2) is 54.7 Å². The van der Waals surface area contributed by atoms with Crippen molar-refractivity contribution in [3.8, 4) is 17.5 Å². The summed E-state index contributed by atoms with van der Waals surface area (Å²) in [6.45, 7) is 2.74. The van der Waals surface area contributed by atoms with Gasteiger partial charge in [-0.05, 0) is 0 Å². The van der Waals surface area contributed by atoms with Crippen molar-refractivity contribution >= 4 is 42.3 Å². The molecule has 0 N–H and O–H groups in total. The zero-order valence-corrected chi connectivity index (χ0v) is 22.9. The van der Waals surface area contributed by atoms with E-state index in [0.29, 0.717) is 29.0 Å². The molecule has 2 aliphatic rings. The second-order valence-electron chi connectivity index (χ2n) is 9.15. The molecule has 2 heterocycles. The van der Waals surface area contributed by atoms with Gasteiger partial charge in [0.05, 0.1) is 0 Å². The number of aromatic nitrogens is 2. The number of carbonyl (C=O) groups excluding carboxylic acids is 2. The molecule has 1 radical (unpaired) electrons. The Balaban J connectivity index is 1.37. The van der Waals surface area contributed by atoms with Crippen LogP contribution in [0.1, 0.15) is 40.0 Å². The van der Waals surface area contributed by atoms with Gasteiger partial charge in [0.15, 0.2) is 0 Å². The van der Waals surface area contributed by atoms with Crippen LogP contribution < -0.4 is 13.9 Å². The average molecular weight is 572 g/mol. The molecule has 1 aromatic heterocycles. The summed E-state index contributed by atoms with van der Waals surface area (Å²) in [7, 11) is 1.43. The van der Waals surface area contributed by atoms with Gasteiger partial charge in [-0.3, -0.25) is 0 Å². The average Bonchev–Trinajstić information content (AvgIpc) is 2.94. The first-order chi connectivity index (χ1) is 18.5. The number of amides is 1. The molecule has 9 nitrogen and oxygen atoms in total. The molecule has 1 aliphatic carbocycles. The number of morpholine rings is 1. The molecule has 2 aromatic carbocycles. The second-order valence-corrected chi connectivity index (χ2v) is 11.5. The third-order valence-corrected chi connectivity index (χ3v) is 8.63. The monoisotopic (exact) mass is 572 g/mol. The van der Waals surface area contributed by atoms with Gasteiger partial charge in [0.25, 0.3) is 0 Å². The van der Waals surface area contributed by atoms with Gasteiger partial charge in [-0.25, -0.2) is 0 Å². The number of hydrogen-bond acceptors (Lipinski definition) is 8. The van der Waals surface area contributed by atoms with Crippen LogP contribution in [0.3, 0.4) is 0 Å². The van der Waals surface area contributed by atoms with E-state index >= 15 is 0 Å². The number of benzene rings is 2. The van der Waals surface area contributed by atoms with Gasteiger partial charge in [-0.1, -0.05) is 0 Å². The topological polar surface area (TPSA) is 109 Å². The predicted molar refractivity (Wildman–Crippen MR) is 143 cm³/mol. The van der Waals surface area contributed by atoms with E-state index in [1.165, 1.54) is 7.05 Å². The maximum atomic E-state index is 13.1. The summed E-state index contributed by atoms with van der Waals surface area (Å²) in [6.07, 6.45) is 6.51. The van der Waals surface area contributed by atoms with Crippen molar-refractivity contribution in [2.45, 2.75) is 25.4 Å². The number of carbonyl (C=O) groups is 2. The first-order valence-electron chi connectivity index (χ1n) is 12.5. The second kappa shape index (κ2) is 11.8. The van der Waals surface area contributed by atoms with E-state index in [4.69, 9.17) is 19.7 Å². The fraction of sp³-hybridized carbons (Fsp3) is 0.321. The third kappa shape index (κ3) is 5.88. The normalized spacial score (nSPS) is 15.6. The zero-order chi connectivity index (χ0) is 26.5. The third-order valence-electron chi connectivity index (χ3n) is 6.63. The van der Waals surface area contributed by atoms with Crippen LogP contribution in [0.4, 0.5) is 5.69 Å². The molecule has 1 amide bonds. The first-order valence-corrected chi connectivity index (χ1v) is 14.4. The minimum absolute atomic E-state index is 0.0129. The van der Waals surface area contributed by atoms with E-state index in [-0.39, 0.29) is 18.0 Å². The summed E-state index contributed by atoms with van der Waals surface area (Å²) < 4.78 is 13.0. The Hall–Kier alpha value is -3.73. The molecule has 1 aliphatic heterocycles. The van der Waals surface area contributed by atoms with E-state index in [0.717, 1.165) is 58.5 Å². The van der Waals surface area contributed by atoms with Crippen molar-refractivity contribution in [1.29, 1.82) is 5.26 Å². The molecule has 0 spiro atoms. The number of hydrogen-bond donors (Lipinski definition) is 0. The van der Waals surface area contributed by atoms with Crippen molar-refractivity contribution in [3.05, 3.63) is 65.9 Å². The van der Waals surface area contributed by atoms with Gasteiger partial charge in [-0.2, -0.15) is 0 Å². The van der Waals surface area contributed by atoms with Crippen molar-refractivity contribution in [2.24, 2.45) is 0 Å². The summed E-state index contributed by atoms with van der Waals surface area (Å²) in [5.41, 5.74) is 3.49. The number of ether oxygens (including phenoxy) is 2. The standard InChI is InChI=1S/C28H27AsN5O4/c1-33(18-30)26(35)20-7-5-19(6-8-20)24-11-12-31-28(32-24)29-21-9-10-25(34-13-15-37-16-14-34)23(17-21)27(36)38-22-3-2-4-22/h5-12,17,22H,2-4,13-16H2,1H3. The van der Waals surface area contributed by atoms with Gasteiger partial charge in [-0.15, -0.1) is 0 Å². The van der Waals surface area contributed by atoms with E-state index in [2.05, 4.69) is 9.88 Å². The number of esters is 1. The van der Waals surface area contributed by atoms with Crippen molar-refractivity contribution < 1.29 is 19.1 Å². The van der Waals surface area contributed by atoms with Gasteiger partial charge < -0.3 is 0 Å². The van der Waals surface area contributed by atoms with Crippen LogP contribution in [-0.2, 0) is 9.47 Å². The van der Waals surface area contributed by atoms with Gasteiger partial charge >= 0.3 is 228 Å². The quantitative estimate of drug-likeness (QED) is 0.183. The molecular formula is C28H27AsN5O4. The van der Waals surface area contributed by atoms with E-state index in [1.807, 2.05) is 42.6 Å².